The van der Waals surface area contributed by atoms with Gasteiger partial charge in [-0.1, -0.05) is 12.1 Å². The van der Waals surface area contributed by atoms with E-state index in [9.17, 15) is 22.4 Å². The maximum absolute atomic E-state index is 12.7. The maximum Gasteiger partial charge on any atom is 0.411 e. The highest BCUT2D eigenvalue weighted by atomic mass is 19.4. The van der Waals surface area contributed by atoms with Gasteiger partial charge in [-0.3, -0.25) is 4.79 Å². The molecule has 0 N–H and O–H groups in total. The fourth-order valence-corrected chi connectivity index (χ4v) is 1.85. The van der Waals surface area contributed by atoms with Crippen molar-refractivity contribution in [3.8, 4) is 0 Å². The van der Waals surface area contributed by atoms with Crippen LogP contribution in [0.1, 0.15) is 5.56 Å². The number of hydrogen-bond donors (Lipinski definition) is 0. The molecular weight excluding hydrogens is 278 g/mol. The lowest BCUT2D eigenvalue weighted by Crippen LogP contribution is -2.55. The van der Waals surface area contributed by atoms with Gasteiger partial charge in [-0.2, -0.15) is 13.2 Å². The topological polar surface area (TPSA) is 29.5 Å². The van der Waals surface area contributed by atoms with Gasteiger partial charge in [-0.25, -0.2) is 4.39 Å². The standard InChI is InChI=1S/C13H13F4NO2/c14-10-3-1-9(2-4-10)5-12(19)18-6-11(7-18)20-8-13(15,16)17/h1-4,11H,5-8H2. The van der Waals surface area contributed by atoms with Crippen LogP contribution in [0.4, 0.5) is 17.6 Å². The first-order chi connectivity index (χ1) is 9.33. The Morgan fingerprint density at radius 1 is 1.25 bits per heavy atom. The Morgan fingerprint density at radius 3 is 2.40 bits per heavy atom. The Hall–Kier alpha value is -1.63. The molecule has 0 saturated carbocycles. The molecule has 0 bridgehead atoms. The number of ether oxygens (including phenoxy) is 1. The average molecular weight is 291 g/mol. The monoisotopic (exact) mass is 291 g/mol. The number of carbonyl (C=O) groups is 1. The van der Waals surface area contributed by atoms with Crippen LogP contribution in [0.2, 0.25) is 0 Å². The molecular formula is C13H13F4NO2. The van der Waals surface area contributed by atoms with E-state index in [-0.39, 0.29) is 31.2 Å². The summed E-state index contributed by atoms with van der Waals surface area (Å²) >= 11 is 0. The molecule has 1 aliphatic rings. The summed E-state index contributed by atoms with van der Waals surface area (Å²) in [5, 5.41) is 0. The first kappa shape index (κ1) is 14.8. The van der Waals surface area contributed by atoms with Crippen molar-refractivity contribution in [3.05, 3.63) is 35.6 Å². The second-order valence-electron chi connectivity index (χ2n) is 4.65. The largest absolute Gasteiger partial charge is 0.411 e. The Bertz CT molecular complexity index is 466. The summed E-state index contributed by atoms with van der Waals surface area (Å²) in [6, 6.07) is 5.53. The van der Waals surface area contributed by atoms with Crippen LogP contribution in [0.15, 0.2) is 24.3 Å². The molecule has 0 spiro atoms. The van der Waals surface area contributed by atoms with Crippen LogP contribution in [-0.4, -0.2) is 42.8 Å². The van der Waals surface area contributed by atoms with Crippen molar-refractivity contribution in [2.24, 2.45) is 0 Å². The molecule has 1 aliphatic heterocycles. The number of benzene rings is 1. The molecule has 7 heteroatoms. The Kier molecular flexibility index (Phi) is 4.27. The quantitative estimate of drug-likeness (QED) is 0.796. The fourth-order valence-electron chi connectivity index (χ4n) is 1.85. The normalized spacial score (nSPS) is 16.1. The van der Waals surface area contributed by atoms with Gasteiger partial charge in [0, 0.05) is 13.1 Å². The van der Waals surface area contributed by atoms with E-state index in [2.05, 4.69) is 4.74 Å². The smallest absolute Gasteiger partial charge is 0.365 e. The Labute approximate surface area is 113 Å². The number of alkyl halides is 3. The lowest BCUT2D eigenvalue weighted by atomic mass is 10.1. The third-order valence-electron chi connectivity index (χ3n) is 2.95. The number of amides is 1. The van der Waals surface area contributed by atoms with Crippen LogP contribution >= 0.6 is 0 Å². The number of halogens is 4. The summed E-state index contributed by atoms with van der Waals surface area (Å²) in [7, 11) is 0. The first-order valence-electron chi connectivity index (χ1n) is 6.04. The molecule has 2 rings (SSSR count). The zero-order valence-corrected chi connectivity index (χ0v) is 10.5. The van der Waals surface area contributed by atoms with E-state index in [1.165, 1.54) is 29.2 Å². The van der Waals surface area contributed by atoms with Gasteiger partial charge >= 0.3 is 6.18 Å². The summed E-state index contributed by atoms with van der Waals surface area (Å²) < 4.78 is 53.1. The zero-order chi connectivity index (χ0) is 14.8. The lowest BCUT2D eigenvalue weighted by Gasteiger charge is -2.39. The highest BCUT2D eigenvalue weighted by Gasteiger charge is 2.35. The van der Waals surface area contributed by atoms with Gasteiger partial charge in [-0.05, 0) is 17.7 Å². The Morgan fingerprint density at radius 2 is 1.85 bits per heavy atom. The molecule has 1 heterocycles. The van der Waals surface area contributed by atoms with E-state index in [0.717, 1.165) is 0 Å². The van der Waals surface area contributed by atoms with E-state index in [1.54, 1.807) is 0 Å². The van der Waals surface area contributed by atoms with E-state index in [0.29, 0.717) is 5.56 Å². The molecule has 1 amide bonds. The SMILES string of the molecule is O=C(Cc1ccc(F)cc1)N1CC(OCC(F)(F)F)C1. The van der Waals surface area contributed by atoms with Crippen molar-refractivity contribution < 1.29 is 27.1 Å². The minimum atomic E-state index is -4.35. The summed E-state index contributed by atoms with van der Waals surface area (Å²) in [6.07, 6.45) is -4.81. The predicted molar refractivity (Wildman–Crippen MR) is 62.5 cm³/mol. The third kappa shape index (κ3) is 4.19. The molecule has 1 aromatic rings. The van der Waals surface area contributed by atoms with Gasteiger partial charge < -0.3 is 9.64 Å². The predicted octanol–water partition coefficient (Wildman–Crippen LogP) is 2.16. The van der Waals surface area contributed by atoms with E-state index in [1.807, 2.05) is 0 Å². The van der Waals surface area contributed by atoms with Gasteiger partial charge in [0.1, 0.15) is 12.4 Å². The number of carbonyl (C=O) groups excluding carboxylic acids is 1. The zero-order valence-electron chi connectivity index (χ0n) is 10.5. The lowest BCUT2D eigenvalue weighted by molar-refractivity contribution is -0.199. The molecule has 1 saturated heterocycles. The van der Waals surface area contributed by atoms with Crippen molar-refractivity contribution in [2.45, 2.75) is 18.7 Å². The van der Waals surface area contributed by atoms with Crippen molar-refractivity contribution in [1.82, 2.24) is 4.90 Å². The molecule has 110 valence electrons. The number of hydrogen-bond acceptors (Lipinski definition) is 2. The fraction of sp³-hybridized carbons (Fsp3) is 0.462. The minimum Gasteiger partial charge on any atom is -0.365 e. The van der Waals surface area contributed by atoms with Crippen LogP contribution < -0.4 is 0 Å². The van der Waals surface area contributed by atoms with Crippen LogP contribution in [-0.2, 0) is 16.0 Å². The van der Waals surface area contributed by atoms with Gasteiger partial charge in [0.25, 0.3) is 0 Å². The number of rotatable bonds is 4. The van der Waals surface area contributed by atoms with Crippen LogP contribution in [0.25, 0.3) is 0 Å². The molecule has 3 nitrogen and oxygen atoms in total. The summed E-state index contributed by atoms with van der Waals surface area (Å²) in [4.78, 5) is 13.2. The molecule has 0 aromatic heterocycles. The maximum atomic E-state index is 12.7. The third-order valence-corrected chi connectivity index (χ3v) is 2.95. The van der Waals surface area contributed by atoms with Crippen molar-refractivity contribution in [1.29, 1.82) is 0 Å². The molecule has 0 unspecified atom stereocenters. The second kappa shape index (κ2) is 5.78. The van der Waals surface area contributed by atoms with Gasteiger partial charge in [-0.15, -0.1) is 0 Å². The minimum absolute atomic E-state index is 0.103. The van der Waals surface area contributed by atoms with E-state index >= 15 is 0 Å². The van der Waals surface area contributed by atoms with Crippen molar-refractivity contribution in [3.63, 3.8) is 0 Å². The van der Waals surface area contributed by atoms with Crippen molar-refractivity contribution >= 4 is 5.91 Å². The molecule has 20 heavy (non-hydrogen) atoms. The molecule has 1 aromatic carbocycles. The van der Waals surface area contributed by atoms with Gasteiger partial charge in [0.05, 0.1) is 12.5 Å². The molecule has 0 aliphatic carbocycles. The van der Waals surface area contributed by atoms with Crippen LogP contribution in [0, 0.1) is 5.82 Å². The molecule has 1 fully saturated rings. The van der Waals surface area contributed by atoms with E-state index < -0.39 is 18.9 Å². The van der Waals surface area contributed by atoms with Gasteiger partial charge in [0.15, 0.2) is 0 Å². The number of nitrogens with zero attached hydrogens (tertiary/aromatic N) is 1. The van der Waals surface area contributed by atoms with Crippen molar-refractivity contribution in [2.75, 3.05) is 19.7 Å². The van der Waals surface area contributed by atoms with Gasteiger partial charge in [0.2, 0.25) is 5.91 Å². The summed E-state index contributed by atoms with van der Waals surface area (Å²) in [5.74, 6) is -0.589. The van der Waals surface area contributed by atoms with Crippen LogP contribution in [0.3, 0.4) is 0 Å². The molecule has 0 radical (unpaired) electrons. The summed E-state index contributed by atoms with van der Waals surface area (Å²) in [6.45, 7) is -0.968. The number of likely N-dealkylation sites (tertiary alicyclic amines) is 1. The highest BCUT2D eigenvalue weighted by Crippen LogP contribution is 2.19. The molecule has 0 atom stereocenters. The Balaban J connectivity index is 1.72. The van der Waals surface area contributed by atoms with Crippen LogP contribution in [0.5, 0.6) is 0 Å². The highest BCUT2D eigenvalue weighted by molar-refractivity contribution is 5.79. The summed E-state index contributed by atoms with van der Waals surface area (Å²) in [5.41, 5.74) is 0.663. The first-order valence-corrected chi connectivity index (χ1v) is 6.04. The average Bonchev–Trinajstić information content (AvgIpc) is 2.28. The van der Waals surface area contributed by atoms with E-state index in [4.69, 9.17) is 0 Å². The second-order valence-corrected chi connectivity index (χ2v) is 4.65.